The summed E-state index contributed by atoms with van der Waals surface area (Å²) in [6.45, 7) is 6.06. The van der Waals surface area contributed by atoms with Crippen molar-refractivity contribution in [3.8, 4) is 22.4 Å². The van der Waals surface area contributed by atoms with E-state index in [1.54, 1.807) is 36.0 Å². The minimum atomic E-state index is -3.63. The molecule has 2 aromatic heterocycles. The predicted molar refractivity (Wildman–Crippen MR) is 150 cm³/mol. The Bertz CT molecular complexity index is 1560. The lowest BCUT2D eigenvalue weighted by molar-refractivity contribution is 0.340. The van der Waals surface area contributed by atoms with Gasteiger partial charge < -0.3 is 9.64 Å². The maximum atomic E-state index is 13.3. The Morgan fingerprint density at radius 1 is 1.05 bits per heavy atom. The fourth-order valence-corrected chi connectivity index (χ4v) is 6.46. The van der Waals surface area contributed by atoms with E-state index in [4.69, 9.17) is 20.0 Å². The fraction of sp³-hybridized carbons (Fsp3) is 0.286. The first-order chi connectivity index (χ1) is 18.9. The first-order valence-corrected chi connectivity index (χ1v) is 15.0. The number of ether oxygens (including phenoxy) is 1. The van der Waals surface area contributed by atoms with Crippen LogP contribution in [0.4, 0.5) is 5.95 Å². The Hall–Kier alpha value is -3.85. The van der Waals surface area contributed by atoms with Crippen molar-refractivity contribution in [1.82, 2.24) is 19.3 Å². The number of hydrogen-bond donors (Lipinski definition) is 0. The summed E-state index contributed by atoms with van der Waals surface area (Å²) in [4.78, 5) is 17.2. The number of sulfonamides is 1. The zero-order valence-corrected chi connectivity index (χ0v) is 23.3. The van der Waals surface area contributed by atoms with Gasteiger partial charge in [-0.05, 0) is 55.0 Å². The molecule has 0 radical (unpaired) electrons. The van der Waals surface area contributed by atoms with Gasteiger partial charge in [0.25, 0.3) is 0 Å². The van der Waals surface area contributed by atoms with Crippen LogP contribution in [0.25, 0.3) is 10.6 Å². The summed E-state index contributed by atoms with van der Waals surface area (Å²) in [5.41, 5.74) is 5.05. The quantitative estimate of drug-likeness (QED) is 0.309. The zero-order valence-electron chi connectivity index (χ0n) is 21.7. The van der Waals surface area contributed by atoms with Crippen LogP contribution >= 0.6 is 11.3 Å². The summed E-state index contributed by atoms with van der Waals surface area (Å²) in [6, 6.07) is 18.2. The van der Waals surface area contributed by atoms with Gasteiger partial charge in [0.05, 0.1) is 44.9 Å². The molecule has 0 spiro atoms. The first kappa shape index (κ1) is 26.7. The number of aromatic nitrogens is 3. The third kappa shape index (κ3) is 5.78. The number of thiazole rings is 1. The summed E-state index contributed by atoms with van der Waals surface area (Å²) in [5.74, 6) is 1.17. The van der Waals surface area contributed by atoms with E-state index in [0.29, 0.717) is 50.0 Å². The molecule has 1 saturated heterocycles. The SMILES string of the molecule is CCOc1ccc(S(=O)(=O)N2CCN(c3nc(-c4cncs4)cc(C(C)c4ccc(C#N)cc4)n3)CC2)cc1. The second kappa shape index (κ2) is 11.5. The number of hydrogen-bond acceptors (Lipinski definition) is 9. The molecule has 5 rings (SSSR count). The Balaban J connectivity index is 1.38. The third-order valence-electron chi connectivity index (χ3n) is 6.70. The zero-order chi connectivity index (χ0) is 27.4. The highest BCUT2D eigenvalue weighted by atomic mass is 32.2. The van der Waals surface area contributed by atoms with Crippen molar-refractivity contribution < 1.29 is 13.2 Å². The van der Waals surface area contributed by atoms with Gasteiger partial charge in [0.2, 0.25) is 16.0 Å². The van der Waals surface area contributed by atoms with Crippen LogP contribution in [0.2, 0.25) is 0 Å². The molecule has 39 heavy (non-hydrogen) atoms. The summed E-state index contributed by atoms with van der Waals surface area (Å²) in [6.07, 6.45) is 1.79. The Kier molecular flexibility index (Phi) is 7.88. The van der Waals surface area contributed by atoms with Crippen LogP contribution in [0.5, 0.6) is 5.75 Å². The van der Waals surface area contributed by atoms with Crippen molar-refractivity contribution in [1.29, 1.82) is 5.26 Å². The van der Waals surface area contributed by atoms with Gasteiger partial charge >= 0.3 is 0 Å². The lowest BCUT2D eigenvalue weighted by atomic mass is 9.96. The molecule has 1 aliphatic heterocycles. The molecule has 9 nitrogen and oxygen atoms in total. The molecule has 4 aromatic rings. The highest BCUT2D eigenvalue weighted by Gasteiger charge is 2.30. The van der Waals surface area contributed by atoms with Crippen molar-refractivity contribution in [2.24, 2.45) is 0 Å². The van der Waals surface area contributed by atoms with Crippen LogP contribution in [-0.2, 0) is 10.0 Å². The third-order valence-corrected chi connectivity index (χ3v) is 9.40. The van der Waals surface area contributed by atoms with Crippen molar-refractivity contribution in [2.75, 3.05) is 37.7 Å². The van der Waals surface area contributed by atoms with Gasteiger partial charge in [0.1, 0.15) is 5.75 Å². The van der Waals surface area contributed by atoms with E-state index in [9.17, 15) is 8.42 Å². The van der Waals surface area contributed by atoms with Crippen molar-refractivity contribution in [3.63, 3.8) is 0 Å². The maximum absolute atomic E-state index is 13.3. The van der Waals surface area contributed by atoms with Crippen LogP contribution in [0, 0.1) is 11.3 Å². The van der Waals surface area contributed by atoms with Gasteiger partial charge in [-0.3, -0.25) is 4.98 Å². The highest BCUT2D eigenvalue weighted by molar-refractivity contribution is 7.89. The summed E-state index contributed by atoms with van der Waals surface area (Å²) >= 11 is 1.51. The Morgan fingerprint density at radius 3 is 2.38 bits per heavy atom. The molecule has 0 saturated carbocycles. The molecule has 3 heterocycles. The normalized spacial score (nSPS) is 15.1. The van der Waals surface area contributed by atoms with E-state index in [1.165, 1.54) is 15.6 Å². The number of piperazine rings is 1. The van der Waals surface area contributed by atoms with E-state index in [0.717, 1.165) is 21.8 Å². The second-order valence-corrected chi connectivity index (χ2v) is 11.9. The standard InChI is InChI=1S/C28H28N6O3S2/c1-3-37-23-8-10-24(11-9-23)39(35,36)34-14-12-33(13-15-34)28-31-25(16-26(32-28)27-18-30-19-38-27)20(2)22-6-4-21(17-29)5-7-22/h4-11,16,18-20H,3,12-15H2,1-2H3. The molecule has 1 fully saturated rings. The smallest absolute Gasteiger partial charge is 0.243 e. The first-order valence-electron chi connectivity index (χ1n) is 12.6. The maximum Gasteiger partial charge on any atom is 0.243 e. The van der Waals surface area contributed by atoms with E-state index in [-0.39, 0.29) is 10.8 Å². The summed E-state index contributed by atoms with van der Waals surface area (Å²) < 4.78 is 33.5. The molecule has 1 unspecified atom stereocenters. The van der Waals surface area contributed by atoms with Crippen molar-refractivity contribution in [3.05, 3.63) is 83.1 Å². The molecule has 0 N–H and O–H groups in total. The number of nitrogens with zero attached hydrogens (tertiary/aromatic N) is 6. The van der Waals surface area contributed by atoms with Crippen LogP contribution in [-0.4, -0.2) is 60.5 Å². The predicted octanol–water partition coefficient (Wildman–Crippen LogP) is 4.53. The molecule has 11 heteroatoms. The summed E-state index contributed by atoms with van der Waals surface area (Å²) in [7, 11) is -3.63. The lowest BCUT2D eigenvalue weighted by Crippen LogP contribution is -2.49. The largest absolute Gasteiger partial charge is 0.494 e. The van der Waals surface area contributed by atoms with E-state index in [2.05, 4.69) is 18.0 Å². The highest BCUT2D eigenvalue weighted by Crippen LogP contribution is 2.30. The molecular weight excluding hydrogens is 532 g/mol. The van der Waals surface area contributed by atoms with Gasteiger partial charge in [0, 0.05) is 38.3 Å². The molecule has 0 aliphatic carbocycles. The average Bonchev–Trinajstić information content (AvgIpc) is 3.53. The van der Waals surface area contributed by atoms with Crippen LogP contribution in [0.3, 0.4) is 0 Å². The van der Waals surface area contributed by atoms with Crippen LogP contribution in [0.15, 0.2) is 71.2 Å². The monoisotopic (exact) mass is 560 g/mol. The minimum Gasteiger partial charge on any atom is -0.494 e. The van der Waals surface area contributed by atoms with Gasteiger partial charge in [0.15, 0.2) is 0 Å². The van der Waals surface area contributed by atoms with E-state index >= 15 is 0 Å². The van der Waals surface area contributed by atoms with Gasteiger partial charge in [-0.1, -0.05) is 19.1 Å². The number of anilines is 1. The molecule has 1 aliphatic rings. The molecule has 1 atom stereocenters. The number of rotatable bonds is 8. The van der Waals surface area contributed by atoms with Crippen LogP contribution in [0.1, 0.15) is 36.6 Å². The van der Waals surface area contributed by atoms with Crippen molar-refractivity contribution in [2.45, 2.75) is 24.7 Å². The Morgan fingerprint density at radius 2 is 1.77 bits per heavy atom. The van der Waals surface area contributed by atoms with Crippen LogP contribution < -0.4 is 9.64 Å². The minimum absolute atomic E-state index is 0.0347. The topological polar surface area (TPSA) is 112 Å². The molecule has 2 aromatic carbocycles. The lowest BCUT2D eigenvalue weighted by Gasteiger charge is -2.34. The van der Waals surface area contributed by atoms with Gasteiger partial charge in [-0.2, -0.15) is 9.57 Å². The van der Waals surface area contributed by atoms with E-state index in [1.807, 2.05) is 42.2 Å². The second-order valence-electron chi connectivity index (χ2n) is 9.09. The molecular formula is C28H28N6O3S2. The number of benzene rings is 2. The average molecular weight is 561 g/mol. The molecule has 200 valence electrons. The number of nitriles is 1. The van der Waals surface area contributed by atoms with Gasteiger partial charge in [-0.15, -0.1) is 11.3 Å². The van der Waals surface area contributed by atoms with Crippen molar-refractivity contribution >= 4 is 27.3 Å². The fourth-order valence-electron chi connectivity index (χ4n) is 4.45. The van der Waals surface area contributed by atoms with Gasteiger partial charge in [-0.25, -0.2) is 18.4 Å². The van der Waals surface area contributed by atoms with E-state index < -0.39 is 10.0 Å². The molecule has 0 bridgehead atoms. The summed E-state index contributed by atoms with van der Waals surface area (Å²) in [5, 5.41) is 9.14. The molecule has 0 amide bonds. The Labute approximate surface area is 232 Å².